The molecule has 1 N–H and O–H groups in total. The zero-order valence-corrected chi connectivity index (χ0v) is 14.3. The second-order valence-corrected chi connectivity index (χ2v) is 6.50. The number of aromatic nitrogens is 2. The van der Waals surface area contributed by atoms with Gasteiger partial charge in [-0.2, -0.15) is 18.2 Å². The van der Waals surface area contributed by atoms with Gasteiger partial charge in [0.2, 0.25) is 5.13 Å². The average molecular weight is 397 g/mol. The van der Waals surface area contributed by atoms with Crippen LogP contribution in [0.2, 0.25) is 0 Å². The number of anilines is 1. The minimum Gasteiger partial charge on any atom is -0.297 e. The van der Waals surface area contributed by atoms with Gasteiger partial charge in [-0.1, -0.05) is 12.1 Å². The predicted octanol–water partition coefficient (Wildman–Crippen LogP) is 3.76. The average Bonchev–Trinajstić information content (AvgIpc) is 2.94. The van der Waals surface area contributed by atoms with E-state index in [-0.39, 0.29) is 22.8 Å². The SMILES string of the molecule is O=C(Nc1nc(=O)n(Cc2cccc(C(F)(F)F)c2)s1)c1ccc(F)cc1. The van der Waals surface area contributed by atoms with Crippen LogP contribution in [0.15, 0.2) is 53.3 Å². The first-order valence-electron chi connectivity index (χ1n) is 7.53. The molecule has 0 aliphatic carbocycles. The van der Waals surface area contributed by atoms with E-state index in [1.165, 1.54) is 24.3 Å². The quantitative estimate of drug-likeness (QED) is 0.682. The molecule has 0 bridgehead atoms. The Balaban J connectivity index is 1.76. The lowest BCUT2D eigenvalue weighted by Gasteiger charge is -2.08. The molecule has 1 heterocycles. The number of benzene rings is 2. The van der Waals surface area contributed by atoms with Crippen molar-refractivity contribution in [3.05, 3.63) is 81.5 Å². The van der Waals surface area contributed by atoms with E-state index in [0.717, 1.165) is 39.8 Å². The summed E-state index contributed by atoms with van der Waals surface area (Å²) in [6.45, 7) is -0.118. The van der Waals surface area contributed by atoms with Gasteiger partial charge in [-0.3, -0.25) is 10.1 Å². The van der Waals surface area contributed by atoms with Crippen LogP contribution in [0.1, 0.15) is 21.5 Å². The third-order valence-electron chi connectivity index (χ3n) is 3.51. The summed E-state index contributed by atoms with van der Waals surface area (Å²) < 4.78 is 52.3. The zero-order chi connectivity index (χ0) is 19.6. The van der Waals surface area contributed by atoms with Gasteiger partial charge in [0.15, 0.2) is 0 Å². The minimum atomic E-state index is -4.48. The van der Waals surface area contributed by atoms with Crippen molar-refractivity contribution >= 4 is 22.6 Å². The lowest BCUT2D eigenvalue weighted by Crippen LogP contribution is -2.17. The molecule has 1 aromatic heterocycles. The fraction of sp³-hybridized carbons (Fsp3) is 0.118. The summed E-state index contributed by atoms with van der Waals surface area (Å²) in [4.78, 5) is 27.6. The largest absolute Gasteiger partial charge is 0.416 e. The maximum atomic E-state index is 12.9. The lowest BCUT2D eigenvalue weighted by atomic mass is 10.1. The Labute approximate surface area is 154 Å². The number of amides is 1. The Kier molecular flexibility index (Phi) is 5.08. The van der Waals surface area contributed by atoms with Crippen LogP contribution in [0, 0.1) is 5.82 Å². The standard InChI is InChI=1S/C17H11F4N3O2S/c18-13-6-4-11(5-7-13)14(25)22-15-23-16(26)24(27-15)9-10-2-1-3-12(8-10)17(19,20)21/h1-8H,9H2,(H,22,23,25,26). The number of alkyl halides is 3. The fourth-order valence-electron chi connectivity index (χ4n) is 2.24. The van der Waals surface area contributed by atoms with Crippen LogP contribution >= 0.6 is 11.5 Å². The molecule has 10 heteroatoms. The van der Waals surface area contributed by atoms with Gasteiger partial charge in [0.25, 0.3) is 5.91 Å². The van der Waals surface area contributed by atoms with Gasteiger partial charge in [-0.25, -0.2) is 13.1 Å². The van der Waals surface area contributed by atoms with Crippen LogP contribution in [0.5, 0.6) is 0 Å². The normalized spacial score (nSPS) is 11.4. The van der Waals surface area contributed by atoms with E-state index in [1.54, 1.807) is 0 Å². The number of nitrogens with zero attached hydrogens (tertiary/aromatic N) is 2. The van der Waals surface area contributed by atoms with Gasteiger partial charge in [-0.15, -0.1) is 0 Å². The molecule has 140 valence electrons. The maximum absolute atomic E-state index is 12.9. The molecule has 0 aliphatic heterocycles. The summed E-state index contributed by atoms with van der Waals surface area (Å²) in [5, 5.41) is 2.39. The second kappa shape index (κ2) is 7.31. The molecule has 27 heavy (non-hydrogen) atoms. The Hall–Kier alpha value is -3.01. The van der Waals surface area contributed by atoms with Crippen LogP contribution in [-0.2, 0) is 12.7 Å². The molecule has 3 aromatic rings. The molecular formula is C17H11F4N3O2S. The summed E-state index contributed by atoms with van der Waals surface area (Å²) in [7, 11) is 0. The maximum Gasteiger partial charge on any atom is 0.416 e. The molecule has 0 aliphatic rings. The van der Waals surface area contributed by atoms with Gasteiger partial charge >= 0.3 is 11.9 Å². The molecular weight excluding hydrogens is 386 g/mol. The molecule has 0 fully saturated rings. The van der Waals surface area contributed by atoms with E-state index in [1.807, 2.05) is 0 Å². The fourth-order valence-corrected chi connectivity index (χ4v) is 3.04. The molecule has 1 amide bonds. The molecule has 0 saturated heterocycles. The molecule has 0 unspecified atom stereocenters. The van der Waals surface area contributed by atoms with Crippen molar-refractivity contribution in [2.75, 3.05) is 5.32 Å². The van der Waals surface area contributed by atoms with E-state index in [2.05, 4.69) is 10.3 Å². The van der Waals surface area contributed by atoms with Crippen molar-refractivity contribution in [1.82, 2.24) is 8.94 Å². The first-order valence-corrected chi connectivity index (χ1v) is 8.31. The summed E-state index contributed by atoms with van der Waals surface area (Å²) in [6.07, 6.45) is -4.48. The smallest absolute Gasteiger partial charge is 0.297 e. The van der Waals surface area contributed by atoms with Crippen molar-refractivity contribution < 1.29 is 22.4 Å². The zero-order valence-electron chi connectivity index (χ0n) is 13.5. The van der Waals surface area contributed by atoms with E-state index in [0.29, 0.717) is 0 Å². The molecule has 0 radical (unpaired) electrons. The molecule has 2 aromatic carbocycles. The number of halogens is 4. The summed E-state index contributed by atoms with van der Waals surface area (Å²) >= 11 is 0.800. The Bertz CT molecular complexity index is 1030. The Morgan fingerprint density at radius 1 is 1.15 bits per heavy atom. The summed E-state index contributed by atoms with van der Waals surface area (Å²) in [5.41, 5.74) is -1.08. The molecule has 0 spiro atoms. The number of carbonyl (C=O) groups excluding carboxylic acids is 1. The number of hydrogen-bond donors (Lipinski definition) is 1. The molecule has 0 saturated carbocycles. The van der Waals surface area contributed by atoms with Gasteiger partial charge in [0.05, 0.1) is 12.1 Å². The van der Waals surface area contributed by atoms with Crippen LogP contribution in [0.25, 0.3) is 0 Å². The van der Waals surface area contributed by atoms with E-state index >= 15 is 0 Å². The number of carbonyl (C=O) groups is 1. The third kappa shape index (κ3) is 4.59. The predicted molar refractivity (Wildman–Crippen MR) is 91.3 cm³/mol. The van der Waals surface area contributed by atoms with Crippen molar-refractivity contribution in [3.63, 3.8) is 0 Å². The number of nitrogens with one attached hydrogen (secondary N) is 1. The topological polar surface area (TPSA) is 64.0 Å². The highest BCUT2D eigenvalue weighted by Gasteiger charge is 2.30. The highest BCUT2D eigenvalue weighted by molar-refractivity contribution is 7.10. The van der Waals surface area contributed by atoms with Gasteiger partial charge < -0.3 is 0 Å². The van der Waals surface area contributed by atoms with Crippen LogP contribution < -0.4 is 11.0 Å². The van der Waals surface area contributed by atoms with E-state index in [4.69, 9.17) is 0 Å². The van der Waals surface area contributed by atoms with Gasteiger partial charge in [-0.05, 0) is 53.5 Å². The third-order valence-corrected chi connectivity index (χ3v) is 4.39. The Morgan fingerprint density at radius 3 is 2.52 bits per heavy atom. The number of rotatable bonds is 4. The van der Waals surface area contributed by atoms with Crippen LogP contribution in [0.4, 0.5) is 22.7 Å². The first kappa shape index (κ1) is 18.8. The van der Waals surface area contributed by atoms with Gasteiger partial charge in [0, 0.05) is 5.56 Å². The number of hydrogen-bond acceptors (Lipinski definition) is 4. The van der Waals surface area contributed by atoms with Crippen LogP contribution in [-0.4, -0.2) is 14.8 Å². The van der Waals surface area contributed by atoms with E-state index < -0.39 is 29.2 Å². The lowest BCUT2D eigenvalue weighted by molar-refractivity contribution is -0.137. The highest BCUT2D eigenvalue weighted by Crippen LogP contribution is 2.29. The van der Waals surface area contributed by atoms with Crippen molar-refractivity contribution in [2.24, 2.45) is 0 Å². The monoisotopic (exact) mass is 397 g/mol. The molecule has 5 nitrogen and oxygen atoms in total. The van der Waals surface area contributed by atoms with Crippen molar-refractivity contribution in [2.45, 2.75) is 12.7 Å². The Morgan fingerprint density at radius 2 is 1.85 bits per heavy atom. The van der Waals surface area contributed by atoms with Crippen molar-refractivity contribution in [3.8, 4) is 0 Å². The summed E-state index contributed by atoms with van der Waals surface area (Å²) in [6, 6.07) is 9.36. The molecule has 3 rings (SSSR count). The first-order chi connectivity index (χ1) is 12.7. The minimum absolute atomic E-state index is 0.0127. The van der Waals surface area contributed by atoms with Gasteiger partial charge in [0.1, 0.15) is 5.82 Å². The highest BCUT2D eigenvalue weighted by atomic mass is 32.1. The van der Waals surface area contributed by atoms with Crippen LogP contribution in [0.3, 0.4) is 0 Å². The van der Waals surface area contributed by atoms with E-state index in [9.17, 15) is 27.2 Å². The molecule has 0 atom stereocenters. The van der Waals surface area contributed by atoms with Crippen molar-refractivity contribution in [1.29, 1.82) is 0 Å². The summed E-state index contributed by atoms with van der Waals surface area (Å²) in [5.74, 6) is -1.09. The second-order valence-electron chi connectivity index (χ2n) is 5.49.